The summed E-state index contributed by atoms with van der Waals surface area (Å²) in [6, 6.07) is 9.41. The van der Waals surface area contributed by atoms with Crippen LogP contribution >= 0.6 is 23.2 Å². The minimum absolute atomic E-state index is 0.0154. The van der Waals surface area contributed by atoms with Gasteiger partial charge in [-0.05, 0) is 23.7 Å². The summed E-state index contributed by atoms with van der Waals surface area (Å²) in [4.78, 5) is 3.80. The lowest BCUT2D eigenvalue weighted by molar-refractivity contribution is 0.211. The predicted octanol–water partition coefficient (Wildman–Crippen LogP) is 2.64. The van der Waals surface area contributed by atoms with Crippen molar-refractivity contribution in [2.75, 3.05) is 13.2 Å². The van der Waals surface area contributed by atoms with Crippen LogP contribution in [-0.4, -0.2) is 28.4 Å². The fraction of sp³-hybridized carbons (Fsp3) is 0.182. The maximum Gasteiger partial charge on any atom is 0.257 e. The number of nitrogens with zero attached hydrogens (tertiary/aromatic N) is 3. The minimum Gasteiger partial charge on any atom is -0.490 e. The van der Waals surface area contributed by atoms with Crippen molar-refractivity contribution in [3.8, 4) is 11.6 Å². The van der Waals surface area contributed by atoms with Gasteiger partial charge in [0.15, 0.2) is 0 Å². The molecule has 0 fully saturated rings. The van der Waals surface area contributed by atoms with E-state index in [0.717, 1.165) is 5.75 Å². The van der Waals surface area contributed by atoms with Gasteiger partial charge >= 0.3 is 0 Å². The van der Waals surface area contributed by atoms with E-state index in [1.807, 2.05) is 30.3 Å². The molecule has 0 amide bonds. The Morgan fingerprint density at radius 2 is 1.67 bits per heavy atom. The zero-order valence-electron chi connectivity index (χ0n) is 9.22. The molecule has 0 bridgehead atoms. The van der Waals surface area contributed by atoms with E-state index >= 15 is 0 Å². The summed E-state index contributed by atoms with van der Waals surface area (Å²) in [6.07, 6.45) is 0. The summed E-state index contributed by atoms with van der Waals surface area (Å²) in [5.74, 6) is 0.916. The van der Waals surface area contributed by atoms with Crippen molar-refractivity contribution in [1.82, 2.24) is 15.2 Å². The largest absolute Gasteiger partial charge is 0.490 e. The smallest absolute Gasteiger partial charge is 0.257 e. The molecule has 0 radical (unpaired) electrons. The van der Waals surface area contributed by atoms with Gasteiger partial charge in [-0.15, -0.1) is 10.2 Å². The minimum atomic E-state index is -0.0154. The van der Waals surface area contributed by atoms with Crippen LogP contribution in [-0.2, 0) is 0 Å². The standard InChI is InChI=1S/C11H9Cl2N3O2/c12-9-10(14-11(13)16-15-9)18-7-6-17-8-4-2-1-3-5-8/h1-5H,6-7H2. The van der Waals surface area contributed by atoms with Gasteiger partial charge in [0.25, 0.3) is 5.88 Å². The van der Waals surface area contributed by atoms with Crippen molar-refractivity contribution in [2.45, 2.75) is 0 Å². The Morgan fingerprint density at radius 1 is 0.944 bits per heavy atom. The summed E-state index contributed by atoms with van der Waals surface area (Å²) in [5.41, 5.74) is 0. The normalized spacial score (nSPS) is 10.1. The first-order chi connectivity index (χ1) is 8.75. The molecule has 0 aliphatic rings. The van der Waals surface area contributed by atoms with Crippen LogP contribution in [0.3, 0.4) is 0 Å². The SMILES string of the molecule is Clc1nnc(Cl)c(OCCOc2ccccc2)n1. The number of para-hydroxylation sites is 1. The third kappa shape index (κ3) is 3.72. The lowest BCUT2D eigenvalue weighted by Gasteiger charge is -2.07. The van der Waals surface area contributed by atoms with Crippen LogP contribution < -0.4 is 9.47 Å². The Labute approximate surface area is 114 Å². The Bertz CT molecular complexity index is 511. The van der Waals surface area contributed by atoms with Gasteiger partial charge in [0.05, 0.1) is 0 Å². The number of rotatable bonds is 5. The van der Waals surface area contributed by atoms with Crippen LogP contribution in [0.15, 0.2) is 30.3 Å². The van der Waals surface area contributed by atoms with Crippen LogP contribution in [0.1, 0.15) is 0 Å². The van der Waals surface area contributed by atoms with E-state index in [2.05, 4.69) is 15.2 Å². The highest BCUT2D eigenvalue weighted by Crippen LogP contribution is 2.18. The third-order valence-electron chi connectivity index (χ3n) is 1.92. The molecule has 7 heteroatoms. The van der Waals surface area contributed by atoms with Crippen LogP contribution in [0.2, 0.25) is 10.4 Å². The molecule has 5 nitrogen and oxygen atoms in total. The molecule has 0 N–H and O–H groups in total. The maximum atomic E-state index is 5.73. The Balaban J connectivity index is 1.80. The lowest BCUT2D eigenvalue weighted by atomic mass is 10.3. The second-order valence-corrected chi connectivity index (χ2v) is 3.88. The number of hydrogen-bond donors (Lipinski definition) is 0. The number of ether oxygens (including phenoxy) is 2. The van der Waals surface area contributed by atoms with Gasteiger partial charge in [-0.2, -0.15) is 4.98 Å². The number of hydrogen-bond acceptors (Lipinski definition) is 5. The molecule has 0 saturated heterocycles. The lowest BCUT2D eigenvalue weighted by Crippen LogP contribution is -2.10. The fourth-order valence-electron chi connectivity index (χ4n) is 1.19. The second kappa shape index (κ2) is 6.37. The Hall–Kier alpha value is -1.59. The zero-order valence-corrected chi connectivity index (χ0v) is 10.7. The van der Waals surface area contributed by atoms with Crippen LogP contribution in [0.5, 0.6) is 11.6 Å². The fourth-order valence-corrected chi connectivity index (χ4v) is 1.44. The van der Waals surface area contributed by atoms with Gasteiger partial charge in [-0.25, -0.2) is 0 Å². The number of benzene rings is 1. The van der Waals surface area contributed by atoms with Gasteiger partial charge in [0.1, 0.15) is 19.0 Å². The molecule has 0 atom stereocenters. The number of halogens is 2. The van der Waals surface area contributed by atoms with Crippen molar-refractivity contribution < 1.29 is 9.47 Å². The summed E-state index contributed by atoms with van der Waals surface area (Å²) < 4.78 is 10.7. The van der Waals surface area contributed by atoms with Crippen molar-refractivity contribution in [2.24, 2.45) is 0 Å². The van der Waals surface area contributed by atoms with Gasteiger partial charge in [-0.3, -0.25) is 0 Å². The average molecular weight is 286 g/mol. The van der Waals surface area contributed by atoms with E-state index in [-0.39, 0.29) is 22.9 Å². The van der Waals surface area contributed by atoms with Crippen molar-refractivity contribution in [1.29, 1.82) is 0 Å². The molecule has 18 heavy (non-hydrogen) atoms. The van der Waals surface area contributed by atoms with Crippen LogP contribution in [0, 0.1) is 0 Å². The molecule has 1 aromatic heterocycles. The zero-order chi connectivity index (χ0) is 12.8. The molecule has 94 valence electrons. The van der Waals surface area contributed by atoms with E-state index in [4.69, 9.17) is 32.7 Å². The average Bonchev–Trinajstić information content (AvgIpc) is 2.40. The van der Waals surface area contributed by atoms with Gasteiger partial charge in [0, 0.05) is 0 Å². The highest BCUT2D eigenvalue weighted by Gasteiger charge is 2.07. The molecule has 0 spiro atoms. The van der Waals surface area contributed by atoms with E-state index < -0.39 is 0 Å². The molecule has 0 saturated carbocycles. The molecule has 0 unspecified atom stereocenters. The van der Waals surface area contributed by atoms with Gasteiger partial charge in [0.2, 0.25) is 10.4 Å². The predicted molar refractivity (Wildman–Crippen MR) is 67.3 cm³/mol. The summed E-state index contributed by atoms with van der Waals surface area (Å²) >= 11 is 11.3. The first kappa shape index (κ1) is 12.9. The first-order valence-electron chi connectivity index (χ1n) is 5.12. The quantitative estimate of drug-likeness (QED) is 0.791. The molecule has 1 aromatic carbocycles. The summed E-state index contributed by atoms with van der Waals surface area (Å²) in [7, 11) is 0. The highest BCUT2D eigenvalue weighted by atomic mass is 35.5. The highest BCUT2D eigenvalue weighted by molar-refractivity contribution is 6.31. The van der Waals surface area contributed by atoms with Crippen molar-refractivity contribution in [3.63, 3.8) is 0 Å². The van der Waals surface area contributed by atoms with E-state index in [1.165, 1.54) is 0 Å². The first-order valence-corrected chi connectivity index (χ1v) is 5.87. The molecular weight excluding hydrogens is 277 g/mol. The van der Waals surface area contributed by atoms with Gasteiger partial charge < -0.3 is 9.47 Å². The number of aromatic nitrogens is 3. The molecular formula is C11H9Cl2N3O2. The third-order valence-corrected chi connectivity index (χ3v) is 2.32. The van der Waals surface area contributed by atoms with E-state index in [1.54, 1.807) is 0 Å². The van der Waals surface area contributed by atoms with Crippen LogP contribution in [0.4, 0.5) is 0 Å². The molecule has 0 aliphatic carbocycles. The Kier molecular flexibility index (Phi) is 4.55. The van der Waals surface area contributed by atoms with E-state index in [0.29, 0.717) is 6.61 Å². The topological polar surface area (TPSA) is 57.1 Å². The second-order valence-electron chi connectivity index (χ2n) is 3.19. The molecule has 1 heterocycles. The molecule has 2 aromatic rings. The monoisotopic (exact) mass is 285 g/mol. The summed E-state index contributed by atoms with van der Waals surface area (Å²) in [6.45, 7) is 0.644. The van der Waals surface area contributed by atoms with Crippen molar-refractivity contribution in [3.05, 3.63) is 40.8 Å². The van der Waals surface area contributed by atoms with Gasteiger partial charge in [-0.1, -0.05) is 29.8 Å². The van der Waals surface area contributed by atoms with Crippen molar-refractivity contribution >= 4 is 23.2 Å². The summed E-state index contributed by atoms with van der Waals surface area (Å²) in [5, 5.41) is 7.10. The molecule has 2 rings (SSSR count). The van der Waals surface area contributed by atoms with E-state index in [9.17, 15) is 0 Å². The Morgan fingerprint density at radius 3 is 2.44 bits per heavy atom. The molecule has 0 aliphatic heterocycles. The maximum absolute atomic E-state index is 5.73. The van der Waals surface area contributed by atoms with Crippen LogP contribution in [0.25, 0.3) is 0 Å².